The molecule has 0 aromatic carbocycles. The Morgan fingerprint density at radius 2 is 2.00 bits per heavy atom. The van der Waals surface area contributed by atoms with Gasteiger partial charge in [0, 0.05) is 4.75 Å². The molecule has 0 saturated heterocycles. The van der Waals surface area contributed by atoms with E-state index in [1.54, 1.807) is 0 Å². The largest absolute Gasteiger partial charge is 0.192 e. The smallest absolute Gasteiger partial charge is 0.0701 e. The second-order valence-corrected chi connectivity index (χ2v) is 5.06. The molecule has 44 valence electrons. The predicted molar refractivity (Wildman–Crippen MR) is 41.9 cm³/mol. The maximum atomic E-state index is 2.30. The zero-order valence-corrected chi connectivity index (χ0v) is 8.43. The van der Waals surface area contributed by atoms with Crippen molar-refractivity contribution in [2.75, 3.05) is 0 Å². The Kier molecular flexibility index (Phi) is 3.00. The van der Waals surface area contributed by atoms with Gasteiger partial charge in [0.2, 0.25) is 0 Å². The predicted octanol–water partition coefficient (Wildman–Crippen LogP) is 1.19. The molecule has 0 nitrogen and oxygen atoms in total. The van der Waals surface area contributed by atoms with Crippen molar-refractivity contribution in [1.82, 2.24) is 0 Å². The van der Waals surface area contributed by atoms with Crippen LogP contribution in [0.3, 0.4) is 0 Å². The third kappa shape index (κ3) is 3.18. The highest BCUT2D eigenvalue weighted by Gasteiger charge is 2.10. The molecule has 0 aliphatic carbocycles. The summed E-state index contributed by atoms with van der Waals surface area (Å²) in [6, 6.07) is 0. The van der Waals surface area contributed by atoms with Crippen molar-refractivity contribution in [1.29, 1.82) is 0 Å². The summed E-state index contributed by atoms with van der Waals surface area (Å²) in [5, 5.41) is 0. The molecule has 7 heavy (non-hydrogen) atoms. The first-order valence-corrected chi connectivity index (χ1v) is 6.35. The van der Waals surface area contributed by atoms with E-state index in [2.05, 4.69) is 32.0 Å². The van der Waals surface area contributed by atoms with Crippen molar-refractivity contribution < 1.29 is 0 Å². The van der Waals surface area contributed by atoms with E-state index in [1.807, 2.05) is 0 Å². The minimum absolute atomic E-state index is 0.562. The summed E-state index contributed by atoms with van der Waals surface area (Å²) >= 11 is 2.07. The summed E-state index contributed by atoms with van der Waals surface area (Å²) in [6.07, 6.45) is 1.29. The minimum atomic E-state index is 0.562. The van der Waals surface area contributed by atoms with Gasteiger partial charge >= 0.3 is 0 Å². The van der Waals surface area contributed by atoms with Crippen molar-refractivity contribution in [3.63, 3.8) is 0 Å². The van der Waals surface area contributed by atoms with E-state index in [-0.39, 0.29) is 0 Å². The molecule has 0 amide bonds. The second-order valence-electron chi connectivity index (χ2n) is 2.32. The summed E-state index contributed by atoms with van der Waals surface area (Å²) < 4.78 is 0.562. The van der Waals surface area contributed by atoms with Gasteiger partial charge in [0.25, 0.3) is 0 Å². The minimum Gasteiger partial charge on any atom is -0.192 e. The third-order valence-corrected chi connectivity index (χ3v) is 6.11. The molecule has 0 N–H and O–H groups in total. The van der Waals surface area contributed by atoms with Gasteiger partial charge in [-0.25, -0.2) is 0 Å². The Morgan fingerprint density at radius 1 is 1.57 bits per heavy atom. The van der Waals surface area contributed by atoms with Gasteiger partial charge in [0.05, 0.1) is 9.39 Å². The number of hydrogen-bond acceptors (Lipinski definition) is 1. The average molecular weight is 134 g/mol. The van der Waals surface area contributed by atoms with Crippen LogP contribution in [0.15, 0.2) is 0 Å². The molecule has 0 atom stereocenters. The molecule has 0 aromatic rings. The van der Waals surface area contributed by atoms with Crippen LogP contribution in [0.2, 0.25) is 0 Å². The molecule has 0 fully saturated rings. The highest BCUT2D eigenvalue weighted by molar-refractivity contribution is 8.20. The lowest BCUT2D eigenvalue weighted by Gasteiger charge is -2.18. The Balaban J connectivity index is 3.36. The Bertz CT molecular complexity index is 46.0. The number of hydrogen-bond donors (Lipinski definition) is 0. The quantitative estimate of drug-likeness (QED) is 0.511. The normalized spacial score (nSPS) is 12.4. The van der Waals surface area contributed by atoms with E-state index in [0.29, 0.717) is 4.75 Å². The third-order valence-electron chi connectivity index (χ3n) is 1.40. The van der Waals surface area contributed by atoms with Gasteiger partial charge in [0.1, 0.15) is 0 Å². The zero-order chi connectivity index (χ0) is 5.91. The topological polar surface area (TPSA) is 0 Å². The summed E-state index contributed by atoms with van der Waals surface area (Å²) in [5.41, 5.74) is 0. The van der Waals surface area contributed by atoms with E-state index in [9.17, 15) is 0 Å². The first kappa shape index (κ1) is 7.57. The fourth-order valence-electron chi connectivity index (χ4n) is 0.144. The lowest BCUT2D eigenvalue weighted by molar-refractivity contribution is 0.689. The molecule has 0 bridgehead atoms. The highest BCUT2D eigenvalue weighted by Crippen LogP contribution is 2.23. The van der Waals surface area contributed by atoms with E-state index in [1.165, 1.54) is 15.8 Å². The number of rotatable bonds is 2. The molecule has 0 aromatic heterocycles. The molecular formula is C5H14SSi. The van der Waals surface area contributed by atoms with E-state index in [4.69, 9.17) is 0 Å². The van der Waals surface area contributed by atoms with Gasteiger partial charge in [-0.05, 0) is 6.42 Å². The van der Waals surface area contributed by atoms with Gasteiger partial charge in [-0.3, -0.25) is 0 Å². The van der Waals surface area contributed by atoms with E-state index >= 15 is 0 Å². The monoisotopic (exact) mass is 134 g/mol. The highest BCUT2D eigenvalue weighted by atomic mass is 32.4. The lowest BCUT2D eigenvalue weighted by Crippen LogP contribution is -2.11. The first-order chi connectivity index (χ1) is 3.12. The Morgan fingerprint density at radius 3 is 2.00 bits per heavy atom. The summed E-state index contributed by atoms with van der Waals surface area (Å²) in [4.78, 5) is 0. The van der Waals surface area contributed by atoms with Crippen LogP contribution in [0, 0.1) is 0 Å². The summed E-state index contributed by atoms with van der Waals surface area (Å²) in [5.74, 6) is 0. The maximum Gasteiger partial charge on any atom is 0.0701 e. The van der Waals surface area contributed by atoms with E-state index < -0.39 is 0 Å². The molecular weight excluding hydrogens is 120 g/mol. The Hall–Kier alpha value is 0.567. The fraction of sp³-hybridized carbons (Fsp3) is 1.00. The van der Waals surface area contributed by atoms with Crippen molar-refractivity contribution in [2.45, 2.75) is 31.9 Å². The molecule has 0 aliphatic rings. The van der Waals surface area contributed by atoms with Crippen LogP contribution in [0.4, 0.5) is 0 Å². The van der Waals surface area contributed by atoms with Gasteiger partial charge in [0.15, 0.2) is 0 Å². The fourth-order valence-corrected chi connectivity index (χ4v) is 1.30. The summed E-state index contributed by atoms with van der Waals surface area (Å²) in [7, 11) is 1.27. The molecule has 0 radical (unpaired) electrons. The SMILES string of the molecule is CCC(C)(C)S[SiH3]. The molecule has 0 rings (SSSR count). The lowest BCUT2D eigenvalue weighted by atomic mass is 10.1. The standard InChI is InChI=1S/C5H14SSi/c1-4-5(2,3)6-7/h4H2,1-3,7H3. The van der Waals surface area contributed by atoms with Gasteiger partial charge in [-0.1, -0.05) is 20.8 Å². The molecule has 0 spiro atoms. The van der Waals surface area contributed by atoms with Gasteiger partial charge < -0.3 is 0 Å². The van der Waals surface area contributed by atoms with Crippen LogP contribution in [0.25, 0.3) is 0 Å². The summed E-state index contributed by atoms with van der Waals surface area (Å²) in [6.45, 7) is 6.83. The first-order valence-electron chi connectivity index (χ1n) is 2.67. The van der Waals surface area contributed by atoms with Gasteiger partial charge in [-0.15, -0.1) is 0 Å². The molecule has 2 heteroatoms. The zero-order valence-electron chi connectivity index (χ0n) is 5.62. The van der Waals surface area contributed by atoms with Crippen molar-refractivity contribution in [2.24, 2.45) is 0 Å². The molecule has 0 aliphatic heterocycles. The average Bonchev–Trinajstić information content (AvgIpc) is 1.68. The van der Waals surface area contributed by atoms with Crippen molar-refractivity contribution in [3.05, 3.63) is 0 Å². The van der Waals surface area contributed by atoms with Crippen LogP contribution in [0.5, 0.6) is 0 Å². The van der Waals surface area contributed by atoms with Crippen molar-refractivity contribution >= 4 is 20.6 Å². The molecule has 0 heterocycles. The van der Waals surface area contributed by atoms with Crippen LogP contribution in [0.1, 0.15) is 27.2 Å². The van der Waals surface area contributed by atoms with E-state index in [0.717, 1.165) is 0 Å². The second kappa shape index (κ2) is 2.77. The molecule has 0 saturated carbocycles. The van der Waals surface area contributed by atoms with Crippen LogP contribution >= 0.6 is 11.2 Å². The Labute approximate surface area is 53.1 Å². The maximum absolute atomic E-state index is 2.30. The van der Waals surface area contributed by atoms with Crippen molar-refractivity contribution in [3.8, 4) is 0 Å². The van der Waals surface area contributed by atoms with Crippen LogP contribution in [-0.4, -0.2) is 14.1 Å². The molecule has 0 unspecified atom stereocenters. The van der Waals surface area contributed by atoms with Crippen LogP contribution in [-0.2, 0) is 0 Å². The van der Waals surface area contributed by atoms with Gasteiger partial charge in [-0.2, -0.15) is 11.2 Å². The van der Waals surface area contributed by atoms with Crippen LogP contribution < -0.4 is 0 Å².